The summed E-state index contributed by atoms with van der Waals surface area (Å²) >= 11 is 0. The Morgan fingerprint density at radius 1 is 1.38 bits per heavy atom. The fraction of sp³-hybridized carbons (Fsp3) is 0.538. The zero-order valence-corrected chi connectivity index (χ0v) is 13.5. The summed E-state index contributed by atoms with van der Waals surface area (Å²) < 4.78 is 34.3. The second-order valence-corrected chi connectivity index (χ2v) is 6.95. The number of nitrogens with zero attached hydrogens (tertiary/aromatic N) is 3. The van der Waals surface area contributed by atoms with E-state index in [0.717, 1.165) is 5.56 Å². The van der Waals surface area contributed by atoms with Gasteiger partial charge in [0.2, 0.25) is 0 Å². The number of aliphatic hydroxyl groups excluding tert-OH is 3. The fourth-order valence-electron chi connectivity index (χ4n) is 2.26. The zero-order chi connectivity index (χ0) is 18.0. The molecule has 1 aliphatic heterocycles. The first-order valence-corrected chi connectivity index (χ1v) is 8.34. The fourth-order valence-corrected chi connectivity index (χ4v) is 3.19. The van der Waals surface area contributed by atoms with Crippen molar-refractivity contribution in [1.82, 2.24) is 0 Å². The maximum atomic E-state index is 12.2. The molecule has 1 aromatic rings. The molecule has 0 aromatic heterocycles. The van der Waals surface area contributed by atoms with Crippen LogP contribution in [0.5, 0.6) is 0 Å². The quantitative estimate of drug-likeness (QED) is 0.274. The molecule has 11 heteroatoms. The number of rotatable bonds is 6. The minimum atomic E-state index is -4.20. The largest absolute Gasteiger partial charge is 0.394 e. The molecule has 1 heterocycles. The van der Waals surface area contributed by atoms with Crippen LogP contribution in [0, 0.1) is 6.92 Å². The SMILES string of the molecule is Cc1ccc(S(=O)(=O)OC[C@@]2(N=[N+]=[N-])O[C@H](CO)[C@@H](O)[C@H]2O)cc1. The number of benzene rings is 1. The van der Waals surface area contributed by atoms with Gasteiger partial charge in [0.15, 0.2) is 5.72 Å². The van der Waals surface area contributed by atoms with Crippen molar-refractivity contribution in [3.8, 4) is 0 Å². The van der Waals surface area contributed by atoms with Crippen molar-refractivity contribution in [2.45, 2.75) is 35.9 Å². The predicted octanol–water partition coefficient (Wildman–Crippen LogP) is -0.180. The van der Waals surface area contributed by atoms with Crippen molar-refractivity contribution in [3.05, 3.63) is 40.3 Å². The summed E-state index contributed by atoms with van der Waals surface area (Å²) in [6.07, 6.45) is -4.57. The highest BCUT2D eigenvalue weighted by atomic mass is 32.2. The van der Waals surface area contributed by atoms with Crippen LogP contribution in [0.15, 0.2) is 34.3 Å². The summed E-state index contributed by atoms with van der Waals surface area (Å²) in [7, 11) is -4.20. The van der Waals surface area contributed by atoms with E-state index in [2.05, 4.69) is 10.0 Å². The van der Waals surface area contributed by atoms with Crippen molar-refractivity contribution in [3.63, 3.8) is 0 Å². The van der Waals surface area contributed by atoms with Gasteiger partial charge >= 0.3 is 0 Å². The maximum absolute atomic E-state index is 12.2. The molecule has 0 unspecified atom stereocenters. The van der Waals surface area contributed by atoms with Crippen LogP contribution >= 0.6 is 0 Å². The molecule has 1 aliphatic rings. The molecule has 3 N–H and O–H groups in total. The van der Waals surface area contributed by atoms with Crippen molar-refractivity contribution >= 4 is 10.1 Å². The Hall–Kier alpha value is -1.72. The van der Waals surface area contributed by atoms with Gasteiger partial charge < -0.3 is 20.1 Å². The molecule has 1 fully saturated rings. The summed E-state index contributed by atoms with van der Waals surface area (Å²) in [4.78, 5) is 2.37. The molecule has 0 radical (unpaired) electrons. The Kier molecular flexibility index (Phi) is 5.45. The maximum Gasteiger partial charge on any atom is 0.297 e. The first-order valence-electron chi connectivity index (χ1n) is 6.93. The number of aryl methyl sites for hydroxylation is 1. The van der Waals surface area contributed by atoms with Crippen LogP contribution < -0.4 is 0 Å². The molecule has 132 valence electrons. The van der Waals surface area contributed by atoms with E-state index in [-0.39, 0.29) is 4.90 Å². The van der Waals surface area contributed by atoms with Gasteiger partial charge in [-0.1, -0.05) is 22.8 Å². The van der Waals surface area contributed by atoms with Gasteiger partial charge in [0, 0.05) is 4.91 Å². The number of hydrogen-bond acceptors (Lipinski definition) is 8. The minimum Gasteiger partial charge on any atom is -0.394 e. The summed E-state index contributed by atoms with van der Waals surface area (Å²) in [6.45, 7) is 0.265. The minimum absolute atomic E-state index is 0.129. The lowest BCUT2D eigenvalue weighted by Gasteiger charge is -2.26. The normalized spacial score (nSPS) is 30.1. The average molecular weight is 359 g/mol. The molecular formula is C13H17N3O7S. The van der Waals surface area contributed by atoms with E-state index >= 15 is 0 Å². The molecule has 0 aliphatic carbocycles. The molecule has 10 nitrogen and oxygen atoms in total. The summed E-state index contributed by atoms with van der Waals surface area (Å²) in [5.74, 6) is 0. The second-order valence-electron chi connectivity index (χ2n) is 5.34. The number of aliphatic hydroxyl groups is 3. The Morgan fingerprint density at radius 2 is 2.00 bits per heavy atom. The van der Waals surface area contributed by atoms with Crippen LogP contribution in [0.1, 0.15) is 5.56 Å². The van der Waals surface area contributed by atoms with Gasteiger partial charge in [-0.2, -0.15) is 8.42 Å². The Balaban J connectivity index is 2.23. The average Bonchev–Trinajstić information content (AvgIpc) is 2.79. The van der Waals surface area contributed by atoms with E-state index in [0.29, 0.717) is 0 Å². The van der Waals surface area contributed by atoms with Crippen molar-refractivity contribution in [2.24, 2.45) is 5.11 Å². The molecule has 2 rings (SSSR count). The van der Waals surface area contributed by atoms with Crippen LogP contribution in [-0.2, 0) is 19.0 Å². The third-order valence-corrected chi connectivity index (χ3v) is 4.92. The standard InChI is InChI=1S/C13H17N3O7S/c1-8-2-4-9(5-3-8)24(20,21)22-7-13(15-16-14)12(19)11(18)10(6-17)23-13/h2-5,10-12,17-19H,6-7H2,1H3/t10-,11-,12-,13-/m1/s1. The summed E-state index contributed by atoms with van der Waals surface area (Å²) in [6, 6.07) is 5.82. The third kappa shape index (κ3) is 3.52. The lowest BCUT2D eigenvalue weighted by atomic mass is 10.0. The Labute approximate surface area is 138 Å². The first kappa shape index (κ1) is 18.6. The molecule has 0 spiro atoms. The first-order chi connectivity index (χ1) is 11.3. The topological polar surface area (TPSA) is 162 Å². The van der Waals surface area contributed by atoms with Gasteiger partial charge in [-0.05, 0) is 24.6 Å². The van der Waals surface area contributed by atoms with Gasteiger partial charge in [-0.3, -0.25) is 4.18 Å². The number of hydrogen-bond donors (Lipinski definition) is 3. The van der Waals surface area contributed by atoms with E-state index in [1.165, 1.54) is 12.1 Å². The number of azide groups is 1. The van der Waals surface area contributed by atoms with Crippen LogP contribution in [0.25, 0.3) is 10.4 Å². The lowest BCUT2D eigenvalue weighted by molar-refractivity contribution is -0.108. The van der Waals surface area contributed by atoms with Crippen molar-refractivity contribution < 1.29 is 32.7 Å². The van der Waals surface area contributed by atoms with E-state index in [1.807, 2.05) is 0 Å². The predicted molar refractivity (Wildman–Crippen MR) is 80.2 cm³/mol. The van der Waals surface area contributed by atoms with Gasteiger partial charge in [-0.15, -0.1) is 0 Å². The Morgan fingerprint density at radius 3 is 2.50 bits per heavy atom. The van der Waals surface area contributed by atoms with Crippen LogP contribution in [0.3, 0.4) is 0 Å². The van der Waals surface area contributed by atoms with E-state index in [9.17, 15) is 18.6 Å². The second kappa shape index (κ2) is 7.03. The smallest absolute Gasteiger partial charge is 0.297 e. The van der Waals surface area contributed by atoms with Gasteiger partial charge in [0.1, 0.15) is 24.9 Å². The van der Waals surface area contributed by atoms with Crippen LogP contribution in [0.2, 0.25) is 0 Å². The molecule has 4 atom stereocenters. The van der Waals surface area contributed by atoms with Gasteiger partial charge in [0.05, 0.1) is 11.5 Å². The molecule has 0 saturated carbocycles. The summed E-state index contributed by atoms with van der Waals surface area (Å²) in [5.41, 5.74) is 7.33. The highest BCUT2D eigenvalue weighted by Crippen LogP contribution is 2.34. The molecule has 1 saturated heterocycles. The highest BCUT2D eigenvalue weighted by molar-refractivity contribution is 7.86. The van der Waals surface area contributed by atoms with Crippen molar-refractivity contribution in [2.75, 3.05) is 13.2 Å². The van der Waals surface area contributed by atoms with E-state index < -0.39 is 47.4 Å². The highest BCUT2D eigenvalue weighted by Gasteiger charge is 2.54. The monoisotopic (exact) mass is 359 g/mol. The summed E-state index contributed by atoms with van der Waals surface area (Å²) in [5, 5.41) is 32.1. The Bertz CT molecular complexity index is 732. The van der Waals surface area contributed by atoms with Gasteiger partial charge in [0.25, 0.3) is 10.1 Å². The van der Waals surface area contributed by atoms with Gasteiger partial charge in [-0.25, -0.2) is 0 Å². The molecule has 1 aromatic carbocycles. The zero-order valence-electron chi connectivity index (χ0n) is 12.7. The van der Waals surface area contributed by atoms with Crippen LogP contribution in [0.4, 0.5) is 0 Å². The van der Waals surface area contributed by atoms with Crippen molar-refractivity contribution in [1.29, 1.82) is 0 Å². The van der Waals surface area contributed by atoms with E-state index in [1.54, 1.807) is 19.1 Å². The molecule has 0 bridgehead atoms. The molecular weight excluding hydrogens is 342 g/mol. The molecule has 0 amide bonds. The van der Waals surface area contributed by atoms with Crippen LogP contribution in [-0.4, -0.2) is 61.0 Å². The number of ether oxygens (including phenoxy) is 1. The molecule has 24 heavy (non-hydrogen) atoms. The third-order valence-electron chi connectivity index (χ3n) is 3.65. The lowest BCUT2D eigenvalue weighted by Crippen LogP contribution is -2.45. The van der Waals surface area contributed by atoms with E-state index in [4.69, 9.17) is 19.6 Å².